The molecule has 0 heteroatoms. The quantitative estimate of drug-likeness (QED) is 0.537. The highest BCUT2D eigenvalue weighted by atomic mass is 14.1. The van der Waals surface area contributed by atoms with Crippen LogP contribution in [0.3, 0.4) is 0 Å². The van der Waals surface area contributed by atoms with Crippen molar-refractivity contribution in [2.24, 2.45) is 0 Å². The number of unbranched alkanes of at least 4 members (excludes halogenated alkanes) is 1. The Hall–Kier alpha value is -0.780. The van der Waals surface area contributed by atoms with Crippen molar-refractivity contribution < 1.29 is 0 Å². The lowest BCUT2D eigenvalue weighted by molar-refractivity contribution is 0.623. The fraction of sp³-hybridized carbons (Fsp3) is 0.667. The van der Waals surface area contributed by atoms with Crippen molar-refractivity contribution in [3.63, 3.8) is 0 Å². The van der Waals surface area contributed by atoms with Gasteiger partial charge in [-0.1, -0.05) is 71.6 Å². The van der Waals surface area contributed by atoms with Gasteiger partial charge >= 0.3 is 0 Å². The van der Waals surface area contributed by atoms with Crippen LogP contribution in [0.1, 0.15) is 82.4 Å². The average Bonchev–Trinajstić information content (AvgIpc) is 2.38. The molecule has 0 nitrogen and oxygen atoms in total. The number of aryl methyl sites for hydroxylation is 2. The summed E-state index contributed by atoms with van der Waals surface area (Å²) in [4.78, 5) is 0. The minimum absolute atomic E-state index is 0.719. The van der Waals surface area contributed by atoms with Crippen LogP contribution in [0.15, 0.2) is 18.2 Å². The van der Waals surface area contributed by atoms with Gasteiger partial charge in [0.25, 0.3) is 0 Å². The van der Waals surface area contributed by atoms with Gasteiger partial charge in [0, 0.05) is 0 Å². The number of rotatable bonds is 8. The molecule has 0 saturated carbocycles. The summed E-state index contributed by atoms with van der Waals surface area (Å²) in [5, 5.41) is 0. The molecule has 0 spiro atoms. The average molecular weight is 246 g/mol. The third-order valence-electron chi connectivity index (χ3n) is 3.83. The summed E-state index contributed by atoms with van der Waals surface area (Å²) in [5.74, 6) is 0.719. The van der Waals surface area contributed by atoms with Crippen molar-refractivity contribution in [2.45, 2.75) is 78.6 Å². The van der Waals surface area contributed by atoms with E-state index in [1.807, 2.05) is 0 Å². The largest absolute Gasteiger partial charge is 0.0654 e. The smallest absolute Gasteiger partial charge is 0.0190 e. The molecule has 1 rings (SSSR count). The van der Waals surface area contributed by atoms with Crippen LogP contribution in [-0.2, 0) is 12.8 Å². The third-order valence-corrected chi connectivity index (χ3v) is 3.83. The molecular weight excluding hydrogens is 216 g/mol. The van der Waals surface area contributed by atoms with Gasteiger partial charge in [0.15, 0.2) is 0 Å². The first-order valence-electron chi connectivity index (χ1n) is 7.84. The third kappa shape index (κ3) is 4.48. The molecule has 1 unspecified atom stereocenters. The molecule has 0 N–H and O–H groups in total. The highest BCUT2D eigenvalue weighted by molar-refractivity contribution is 5.34. The lowest BCUT2D eigenvalue weighted by atomic mass is 9.90. The van der Waals surface area contributed by atoms with Gasteiger partial charge < -0.3 is 0 Å². The standard InChI is InChI=1S/C18H30/c1-5-8-11-15(4)17-13-12-16(9-6-2)18(14-17)10-7-3/h12-15H,5-11H2,1-4H3. The summed E-state index contributed by atoms with van der Waals surface area (Å²) in [6.07, 6.45) is 8.96. The molecule has 1 aromatic carbocycles. The van der Waals surface area contributed by atoms with Gasteiger partial charge in [-0.2, -0.15) is 0 Å². The molecule has 18 heavy (non-hydrogen) atoms. The van der Waals surface area contributed by atoms with Crippen molar-refractivity contribution in [3.8, 4) is 0 Å². The maximum Gasteiger partial charge on any atom is -0.0190 e. The second-order valence-electron chi connectivity index (χ2n) is 5.57. The topological polar surface area (TPSA) is 0 Å². The van der Waals surface area contributed by atoms with Gasteiger partial charge in [0.1, 0.15) is 0 Å². The number of hydrogen-bond acceptors (Lipinski definition) is 0. The minimum Gasteiger partial charge on any atom is -0.0654 e. The summed E-state index contributed by atoms with van der Waals surface area (Å²) >= 11 is 0. The van der Waals surface area contributed by atoms with Crippen LogP contribution >= 0.6 is 0 Å². The molecule has 0 radical (unpaired) electrons. The van der Waals surface area contributed by atoms with Crippen molar-refractivity contribution in [3.05, 3.63) is 34.9 Å². The van der Waals surface area contributed by atoms with Crippen LogP contribution in [0.5, 0.6) is 0 Å². The molecule has 0 saturated heterocycles. The number of hydrogen-bond donors (Lipinski definition) is 0. The molecule has 0 amide bonds. The van der Waals surface area contributed by atoms with Crippen LogP contribution in [0.25, 0.3) is 0 Å². The van der Waals surface area contributed by atoms with Crippen LogP contribution in [0, 0.1) is 0 Å². The summed E-state index contributed by atoms with van der Waals surface area (Å²) < 4.78 is 0. The van der Waals surface area contributed by atoms with E-state index in [1.165, 1.54) is 44.9 Å². The highest BCUT2D eigenvalue weighted by Crippen LogP contribution is 2.25. The van der Waals surface area contributed by atoms with Crippen LogP contribution in [-0.4, -0.2) is 0 Å². The van der Waals surface area contributed by atoms with Crippen LogP contribution < -0.4 is 0 Å². The first-order chi connectivity index (χ1) is 8.72. The Balaban J connectivity index is 2.84. The molecular formula is C18H30. The fourth-order valence-electron chi connectivity index (χ4n) is 2.64. The zero-order valence-electron chi connectivity index (χ0n) is 12.8. The summed E-state index contributed by atoms with van der Waals surface area (Å²) in [6.45, 7) is 9.20. The highest BCUT2D eigenvalue weighted by Gasteiger charge is 2.08. The molecule has 0 heterocycles. The molecule has 0 fully saturated rings. The molecule has 1 atom stereocenters. The molecule has 0 aliphatic carbocycles. The predicted molar refractivity (Wildman–Crippen MR) is 82.4 cm³/mol. The molecule has 0 aliphatic rings. The zero-order valence-corrected chi connectivity index (χ0v) is 12.8. The predicted octanol–water partition coefficient (Wildman–Crippen LogP) is 5.89. The molecule has 0 aromatic heterocycles. The van der Waals surface area contributed by atoms with Crippen molar-refractivity contribution in [1.29, 1.82) is 0 Å². The molecule has 102 valence electrons. The number of benzene rings is 1. The monoisotopic (exact) mass is 246 g/mol. The Labute approximate surface area is 114 Å². The Morgan fingerprint density at radius 1 is 0.889 bits per heavy atom. The Morgan fingerprint density at radius 3 is 2.17 bits per heavy atom. The molecule has 1 aromatic rings. The first kappa shape index (κ1) is 15.3. The molecule has 0 aliphatic heterocycles. The SMILES string of the molecule is CCCCC(C)c1ccc(CCC)c(CCC)c1. The molecule has 0 bridgehead atoms. The van der Waals surface area contributed by atoms with Gasteiger partial charge in [-0.25, -0.2) is 0 Å². The second kappa shape index (κ2) is 8.34. The maximum absolute atomic E-state index is 2.48. The lowest BCUT2D eigenvalue weighted by Gasteiger charge is -2.15. The van der Waals surface area contributed by atoms with E-state index in [0.717, 1.165) is 5.92 Å². The first-order valence-corrected chi connectivity index (χ1v) is 7.84. The summed E-state index contributed by atoms with van der Waals surface area (Å²) in [7, 11) is 0. The van der Waals surface area contributed by atoms with E-state index in [0.29, 0.717) is 0 Å². The van der Waals surface area contributed by atoms with Gasteiger partial charge in [-0.05, 0) is 41.9 Å². The van der Waals surface area contributed by atoms with Gasteiger partial charge in [0.05, 0.1) is 0 Å². The normalized spacial score (nSPS) is 12.7. The Kier molecular flexibility index (Phi) is 7.08. The van der Waals surface area contributed by atoms with Gasteiger partial charge in [-0.15, -0.1) is 0 Å². The zero-order chi connectivity index (χ0) is 13.4. The van der Waals surface area contributed by atoms with Crippen molar-refractivity contribution >= 4 is 0 Å². The van der Waals surface area contributed by atoms with Crippen LogP contribution in [0.4, 0.5) is 0 Å². The lowest BCUT2D eigenvalue weighted by Crippen LogP contribution is -1.99. The van der Waals surface area contributed by atoms with E-state index < -0.39 is 0 Å². The van der Waals surface area contributed by atoms with E-state index in [-0.39, 0.29) is 0 Å². The van der Waals surface area contributed by atoms with Crippen molar-refractivity contribution in [1.82, 2.24) is 0 Å². The van der Waals surface area contributed by atoms with E-state index >= 15 is 0 Å². The summed E-state index contributed by atoms with van der Waals surface area (Å²) in [5.41, 5.74) is 4.72. The Bertz CT molecular complexity index is 338. The van der Waals surface area contributed by atoms with E-state index in [1.54, 1.807) is 16.7 Å². The maximum atomic E-state index is 2.48. The minimum atomic E-state index is 0.719. The second-order valence-corrected chi connectivity index (χ2v) is 5.57. The van der Waals surface area contributed by atoms with E-state index in [4.69, 9.17) is 0 Å². The van der Waals surface area contributed by atoms with E-state index in [9.17, 15) is 0 Å². The van der Waals surface area contributed by atoms with E-state index in [2.05, 4.69) is 45.9 Å². The van der Waals surface area contributed by atoms with Gasteiger partial charge in [0.2, 0.25) is 0 Å². The van der Waals surface area contributed by atoms with Gasteiger partial charge in [-0.3, -0.25) is 0 Å². The summed E-state index contributed by atoms with van der Waals surface area (Å²) in [6, 6.07) is 7.23. The van der Waals surface area contributed by atoms with Crippen molar-refractivity contribution in [2.75, 3.05) is 0 Å². The Morgan fingerprint density at radius 2 is 1.56 bits per heavy atom. The van der Waals surface area contributed by atoms with Crippen LogP contribution in [0.2, 0.25) is 0 Å². The fourth-order valence-corrected chi connectivity index (χ4v) is 2.64.